The topological polar surface area (TPSA) is 138 Å². The molecule has 3 atom stereocenters. The van der Waals surface area contributed by atoms with E-state index < -0.39 is 35.6 Å². The van der Waals surface area contributed by atoms with Crippen LogP contribution in [0.15, 0.2) is 33.5 Å². The molecule has 4 amide bonds. The van der Waals surface area contributed by atoms with Gasteiger partial charge in [0.2, 0.25) is 23.6 Å². The molecule has 10 nitrogen and oxygen atoms in total. The Morgan fingerprint density at radius 1 is 1.11 bits per heavy atom. The van der Waals surface area contributed by atoms with Crippen molar-refractivity contribution in [3.63, 3.8) is 0 Å². The fourth-order valence-electron chi connectivity index (χ4n) is 4.36. The molecule has 0 radical (unpaired) electrons. The van der Waals surface area contributed by atoms with Crippen molar-refractivity contribution in [2.45, 2.75) is 72.0 Å². The maximum absolute atomic E-state index is 13.2. The van der Waals surface area contributed by atoms with Gasteiger partial charge in [0.1, 0.15) is 23.7 Å². The molecular formula is C26H34N4O6. The van der Waals surface area contributed by atoms with E-state index in [0.717, 1.165) is 10.9 Å². The molecule has 1 aliphatic heterocycles. The molecule has 1 aromatic carbocycles. The second-order valence-electron chi connectivity index (χ2n) is 9.51. The van der Waals surface area contributed by atoms with Crippen molar-refractivity contribution in [1.82, 2.24) is 15.5 Å². The number of amides is 4. The van der Waals surface area contributed by atoms with Gasteiger partial charge in [0.15, 0.2) is 0 Å². The van der Waals surface area contributed by atoms with Crippen LogP contribution in [0.2, 0.25) is 0 Å². The van der Waals surface area contributed by atoms with E-state index in [1.54, 1.807) is 39.0 Å². The van der Waals surface area contributed by atoms with Gasteiger partial charge in [-0.15, -0.1) is 0 Å². The summed E-state index contributed by atoms with van der Waals surface area (Å²) < 4.78 is 5.25. The normalized spacial score (nSPS) is 17.1. The minimum atomic E-state index is -0.854. The van der Waals surface area contributed by atoms with E-state index in [4.69, 9.17) is 4.42 Å². The number of fused-ring (bicyclic) bond motifs is 1. The van der Waals surface area contributed by atoms with E-state index in [-0.39, 0.29) is 24.2 Å². The smallest absolute Gasteiger partial charge is 0.336 e. The number of aryl methyl sites for hydroxylation is 1. The molecule has 3 rings (SSSR count). The Balaban J connectivity index is 1.71. The number of nitrogens with zero attached hydrogens (tertiary/aromatic N) is 1. The number of likely N-dealkylation sites (tertiary alicyclic amines) is 1. The van der Waals surface area contributed by atoms with E-state index in [1.807, 2.05) is 13.8 Å². The zero-order valence-electron chi connectivity index (χ0n) is 21.3. The number of carbonyl (C=O) groups is 4. The standard InChI is InChI=1S/C26H34N4O6/c1-6-21(31)27-16(5)26(35)30-11-7-8-19(30)24(33)29-23(14(2)3)25(34)28-17-9-10-18-15(4)12-22(32)36-20(18)13-17/h9-10,12-14,16,19,23H,6-8,11H2,1-5H3,(H,27,31)(H,28,34)(H,29,33). The zero-order valence-corrected chi connectivity index (χ0v) is 21.3. The van der Waals surface area contributed by atoms with E-state index in [2.05, 4.69) is 16.0 Å². The molecule has 0 bridgehead atoms. The summed E-state index contributed by atoms with van der Waals surface area (Å²) in [6.45, 7) is 9.13. The summed E-state index contributed by atoms with van der Waals surface area (Å²) in [5.74, 6) is -1.64. The molecule has 2 heterocycles. The molecule has 3 unspecified atom stereocenters. The number of benzene rings is 1. The molecule has 0 spiro atoms. The van der Waals surface area contributed by atoms with Crippen LogP contribution in [0.4, 0.5) is 5.69 Å². The Hall–Kier alpha value is -3.69. The number of hydrogen-bond acceptors (Lipinski definition) is 6. The first-order chi connectivity index (χ1) is 17.0. The van der Waals surface area contributed by atoms with E-state index in [1.165, 1.54) is 11.0 Å². The Morgan fingerprint density at radius 3 is 2.50 bits per heavy atom. The first kappa shape index (κ1) is 26.9. The van der Waals surface area contributed by atoms with Gasteiger partial charge in [-0.05, 0) is 50.3 Å². The molecule has 36 heavy (non-hydrogen) atoms. The van der Waals surface area contributed by atoms with Gasteiger partial charge in [0, 0.05) is 36.2 Å². The van der Waals surface area contributed by atoms with Gasteiger partial charge in [-0.2, -0.15) is 0 Å². The molecule has 10 heteroatoms. The van der Waals surface area contributed by atoms with E-state index in [9.17, 15) is 24.0 Å². The monoisotopic (exact) mass is 498 g/mol. The summed E-state index contributed by atoms with van der Waals surface area (Å²) >= 11 is 0. The van der Waals surface area contributed by atoms with E-state index in [0.29, 0.717) is 30.7 Å². The fourth-order valence-corrected chi connectivity index (χ4v) is 4.36. The van der Waals surface area contributed by atoms with Crippen LogP contribution in [0, 0.1) is 12.8 Å². The summed E-state index contributed by atoms with van der Waals surface area (Å²) in [6, 6.07) is 4.12. The second kappa shape index (κ2) is 11.4. The van der Waals surface area contributed by atoms with Crippen LogP contribution in [0.1, 0.15) is 52.5 Å². The number of rotatable bonds is 8. The Labute approximate surface area is 209 Å². The Kier molecular flexibility index (Phi) is 8.49. The first-order valence-electron chi connectivity index (χ1n) is 12.3. The number of carbonyl (C=O) groups excluding carboxylic acids is 4. The summed E-state index contributed by atoms with van der Waals surface area (Å²) in [4.78, 5) is 64.0. The summed E-state index contributed by atoms with van der Waals surface area (Å²) in [6.07, 6.45) is 1.38. The van der Waals surface area contributed by atoms with Crippen molar-refractivity contribution in [1.29, 1.82) is 0 Å². The fraction of sp³-hybridized carbons (Fsp3) is 0.500. The van der Waals surface area contributed by atoms with Crippen molar-refractivity contribution >= 4 is 40.3 Å². The van der Waals surface area contributed by atoms with Crippen molar-refractivity contribution < 1.29 is 23.6 Å². The lowest BCUT2D eigenvalue weighted by Crippen LogP contribution is -2.56. The highest BCUT2D eigenvalue weighted by Gasteiger charge is 2.38. The molecule has 1 aromatic heterocycles. The van der Waals surface area contributed by atoms with Crippen LogP contribution in [0.5, 0.6) is 0 Å². The molecule has 1 fully saturated rings. The van der Waals surface area contributed by atoms with Crippen molar-refractivity contribution in [3.05, 3.63) is 40.2 Å². The minimum Gasteiger partial charge on any atom is -0.423 e. The lowest BCUT2D eigenvalue weighted by molar-refractivity contribution is -0.141. The predicted molar refractivity (Wildman–Crippen MR) is 135 cm³/mol. The third kappa shape index (κ3) is 6.10. The number of anilines is 1. The minimum absolute atomic E-state index is 0.233. The van der Waals surface area contributed by atoms with Crippen LogP contribution in [-0.4, -0.2) is 53.2 Å². The molecule has 0 aliphatic carbocycles. The summed E-state index contributed by atoms with van der Waals surface area (Å²) in [5, 5.41) is 8.99. The maximum Gasteiger partial charge on any atom is 0.336 e. The van der Waals surface area contributed by atoms with Gasteiger partial charge >= 0.3 is 5.63 Å². The molecular weight excluding hydrogens is 464 g/mol. The molecule has 3 N–H and O–H groups in total. The lowest BCUT2D eigenvalue weighted by atomic mass is 10.0. The van der Waals surface area contributed by atoms with E-state index >= 15 is 0 Å². The van der Waals surface area contributed by atoms with Crippen LogP contribution >= 0.6 is 0 Å². The van der Waals surface area contributed by atoms with Crippen LogP contribution in [0.3, 0.4) is 0 Å². The highest BCUT2D eigenvalue weighted by atomic mass is 16.4. The SMILES string of the molecule is CCC(=O)NC(C)C(=O)N1CCCC1C(=O)NC(C(=O)Nc1ccc2c(C)cc(=O)oc2c1)C(C)C. The highest BCUT2D eigenvalue weighted by Crippen LogP contribution is 2.22. The molecule has 1 aliphatic rings. The highest BCUT2D eigenvalue weighted by molar-refractivity contribution is 6.00. The van der Waals surface area contributed by atoms with Gasteiger partial charge in [0.05, 0.1) is 0 Å². The third-order valence-corrected chi connectivity index (χ3v) is 6.37. The predicted octanol–water partition coefficient (Wildman–Crippen LogP) is 2.09. The molecule has 194 valence electrons. The van der Waals surface area contributed by atoms with Crippen LogP contribution < -0.4 is 21.6 Å². The molecule has 0 saturated carbocycles. The number of nitrogens with one attached hydrogen (secondary N) is 3. The third-order valence-electron chi connectivity index (χ3n) is 6.37. The second-order valence-corrected chi connectivity index (χ2v) is 9.51. The lowest BCUT2D eigenvalue weighted by Gasteiger charge is -2.29. The van der Waals surface area contributed by atoms with Crippen LogP contribution in [0.25, 0.3) is 11.0 Å². The Morgan fingerprint density at radius 2 is 1.83 bits per heavy atom. The van der Waals surface area contributed by atoms with Gasteiger partial charge in [-0.25, -0.2) is 4.79 Å². The van der Waals surface area contributed by atoms with Gasteiger partial charge in [-0.1, -0.05) is 20.8 Å². The summed E-state index contributed by atoms with van der Waals surface area (Å²) in [5.41, 5.74) is 1.08. The largest absolute Gasteiger partial charge is 0.423 e. The van der Waals surface area contributed by atoms with Crippen molar-refractivity contribution in [2.24, 2.45) is 5.92 Å². The van der Waals surface area contributed by atoms with Crippen molar-refractivity contribution in [2.75, 3.05) is 11.9 Å². The quantitative estimate of drug-likeness (QED) is 0.477. The first-order valence-corrected chi connectivity index (χ1v) is 12.3. The van der Waals surface area contributed by atoms with Crippen LogP contribution in [-0.2, 0) is 19.2 Å². The van der Waals surface area contributed by atoms with Gasteiger partial charge < -0.3 is 25.3 Å². The Bertz CT molecular complexity index is 1220. The number of hydrogen-bond donors (Lipinski definition) is 3. The van der Waals surface area contributed by atoms with Gasteiger partial charge in [-0.3, -0.25) is 19.2 Å². The molecule has 1 saturated heterocycles. The summed E-state index contributed by atoms with van der Waals surface area (Å²) in [7, 11) is 0. The van der Waals surface area contributed by atoms with Gasteiger partial charge in [0.25, 0.3) is 0 Å². The zero-order chi connectivity index (χ0) is 26.6. The van der Waals surface area contributed by atoms with Crippen molar-refractivity contribution in [3.8, 4) is 0 Å². The molecule has 2 aromatic rings. The maximum atomic E-state index is 13.2. The average Bonchev–Trinajstić information content (AvgIpc) is 3.31. The average molecular weight is 499 g/mol.